The lowest BCUT2D eigenvalue weighted by Gasteiger charge is -2.22. The van der Waals surface area contributed by atoms with Gasteiger partial charge in [-0.1, -0.05) is 44.9 Å². The van der Waals surface area contributed by atoms with Gasteiger partial charge in [0.25, 0.3) is 0 Å². The van der Waals surface area contributed by atoms with Gasteiger partial charge in [0.2, 0.25) is 0 Å². The third kappa shape index (κ3) is 5.80. The molecule has 6 nitrogen and oxygen atoms in total. The van der Waals surface area contributed by atoms with Crippen LogP contribution in [0.2, 0.25) is 0 Å². The molecule has 1 fully saturated rings. The quantitative estimate of drug-likeness (QED) is 0.652. The molecule has 2 atom stereocenters. The molecule has 0 spiro atoms. The lowest BCUT2D eigenvalue weighted by molar-refractivity contribution is -0.145. The molecular weight excluding hydrogens is 310 g/mol. The van der Waals surface area contributed by atoms with Crippen molar-refractivity contribution in [1.82, 2.24) is 0 Å². The monoisotopic (exact) mass is 339 g/mol. The molecule has 0 aromatic rings. The van der Waals surface area contributed by atoms with Gasteiger partial charge in [0, 0.05) is 5.92 Å². The summed E-state index contributed by atoms with van der Waals surface area (Å²) < 4.78 is 10.5. The Bertz CT molecular complexity index is 456. The third-order valence-electron chi connectivity index (χ3n) is 4.89. The summed E-state index contributed by atoms with van der Waals surface area (Å²) in [6.07, 6.45) is 9.45. The van der Waals surface area contributed by atoms with Crippen LogP contribution in [-0.2, 0) is 19.1 Å². The first-order valence-corrected chi connectivity index (χ1v) is 9.19. The summed E-state index contributed by atoms with van der Waals surface area (Å²) in [5.41, 5.74) is 0. The molecule has 6 heteroatoms. The van der Waals surface area contributed by atoms with Crippen LogP contribution in [0, 0.1) is 11.8 Å². The molecule has 0 bridgehead atoms. The lowest BCUT2D eigenvalue weighted by Crippen LogP contribution is -2.22. The number of hydrogen-bond donors (Lipinski definition) is 1. The Labute approximate surface area is 143 Å². The maximum absolute atomic E-state index is 11.7. The molecule has 0 amide bonds. The van der Waals surface area contributed by atoms with Gasteiger partial charge >= 0.3 is 11.9 Å². The molecule has 1 unspecified atom stereocenters. The first-order chi connectivity index (χ1) is 11.6. The van der Waals surface area contributed by atoms with E-state index in [1.165, 1.54) is 32.1 Å². The number of esters is 1. The van der Waals surface area contributed by atoms with Crippen molar-refractivity contribution in [2.24, 2.45) is 16.8 Å². The Hall–Kier alpha value is -1.59. The largest absolute Gasteiger partial charge is 0.481 e. The van der Waals surface area contributed by atoms with Crippen LogP contribution < -0.4 is 0 Å². The van der Waals surface area contributed by atoms with Crippen molar-refractivity contribution in [3.63, 3.8) is 0 Å². The first-order valence-electron chi connectivity index (χ1n) is 9.19. The molecule has 1 aliphatic heterocycles. The van der Waals surface area contributed by atoms with Crippen molar-refractivity contribution in [1.29, 1.82) is 0 Å². The molecule has 0 saturated heterocycles. The summed E-state index contributed by atoms with van der Waals surface area (Å²) >= 11 is 0. The molecule has 1 aliphatic carbocycles. The maximum Gasteiger partial charge on any atom is 0.334 e. The number of aliphatic carboxylic acids is 1. The molecule has 1 saturated carbocycles. The lowest BCUT2D eigenvalue weighted by atomic mass is 9.84. The topological polar surface area (TPSA) is 85.2 Å². The zero-order valence-electron chi connectivity index (χ0n) is 14.5. The smallest absolute Gasteiger partial charge is 0.334 e. The Balaban J connectivity index is 1.86. The van der Waals surface area contributed by atoms with Gasteiger partial charge in [-0.05, 0) is 19.3 Å². The molecule has 0 aromatic heterocycles. The number of aliphatic imine (C=N–C) groups is 1. The second-order valence-electron chi connectivity index (χ2n) is 6.78. The molecule has 136 valence electrons. The second-order valence-corrected chi connectivity index (χ2v) is 6.78. The van der Waals surface area contributed by atoms with E-state index in [0.29, 0.717) is 12.5 Å². The minimum Gasteiger partial charge on any atom is -0.481 e. The van der Waals surface area contributed by atoms with E-state index in [-0.39, 0.29) is 18.9 Å². The number of rotatable bonds is 9. The van der Waals surface area contributed by atoms with Crippen molar-refractivity contribution in [3.8, 4) is 0 Å². The van der Waals surface area contributed by atoms with Gasteiger partial charge in [0.1, 0.15) is 6.61 Å². The third-order valence-corrected chi connectivity index (χ3v) is 4.89. The summed E-state index contributed by atoms with van der Waals surface area (Å²) in [5.74, 6) is -0.306. The van der Waals surface area contributed by atoms with Crippen LogP contribution >= 0.6 is 0 Å². The highest BCUT2D eigenvalue weighted by Gasteiger charge is 2.32. The van der Waals surface area contributed by atoms with Crippen molar-refractivity contribution >= 4 is 17.8 Å². The van der Waals surface area contributed by atoms with Crippen molar-refractivity contribution in [3.05, 3.63) is 0 Å². The summed E-state index contributed by atoms with van der Waals surface area (Å²) in [5, 5.41) is 9.15. The Morgan fingerprint density at radius 3 is 2.75 bits per heavy atom. The van der Waals surface area contributed by atoms with Crippen LogP contribution in [-0.4, -0.2) is 42.2 Å². The highest BCUT2D eigenvalue weighted by atomic mass is 16.5. The summed E-state index contributed by atoms with van der Waals surface area (Å²) in [7, 11) is 0. The fourth-order valence-electron chi connectivity index (χ4n) is 3.63. The highest BCUT2D eigenvalue weighted by Crippen LogP contribution is 2.29. The van der Waals surface area contributed by atoms with Crippen LogP contribution in [0.3, 0.4) is 0 Å². The van der Waals surface area contributed by atoms with Crippen molar-refractivity contribution < 1.29 is 24.2 Å². The number of carboxylic acids is 1. The van der Waals surface area contributed by atoms with Gasteiger partial charge < -0.3 is 14.6 Å². The minimum atomic E-state index is -0.858. The maximum atomic E-state index is 11.7. The number of hydrogen-bond acceptors (Lipinski definition) is 5. The van der Waals surface area contributed by atoms with E-state index in [1.54, 1.807) is 6.92 Å². The SMILES string of the molecule is CCOC(=O)C1COC([C@H](CCCC2CCCCC2)CC(=O)O)=N1. The average molecular weight is 339 g/mol. The zero-order chi connectivity index (χ0) is 17.4. The number of nitrogens with zero attached hydrogens (tertiary/aromatic N) is 1. The molecule has 24 heavy (non-hydrogen) atoms. The number of carboxylic acid groups (broad SMARTS) is 1. The molecule has 2 rings (SSSR count). The minimum absolute atomic E-state index is 0.000947. The molecule has 1 heterocycles. The van der Waals surface area contributed by atoms with Gasteiger partial charge in [0.05, 0.1) is 13.0 Å². The van der Waals surface area contributed by atoms with Crippen LogP contribution in [0.15, 0.2) is 4.99 Å². The van der Waals surface area contributed by atoms with E-state index in [2.05, 4.69) is 4.99 Å². The number of ether oxygens (including phenoxy) is 2. The Morgan fingerprint density at radius 1 is 1.33 bits per heavy atom. The fraction of sp³-hybridized carbons (Fsp3) is 0.833. The van der Waals surface area contributed by atoms with Gasteiger partial charge in [0.15, 0.2) is 11.9 Å². The van der Waals surface area contributed by atoms with Crippen LogP contribution in [0.1, 0.15) is 64.7 Å². The predicted molar refractivity (Wildman–Crippen MR) is 90.0 cm³/mol. The van der Waals surface area contributed by atoms with E-state index in [1.807, 2.05) is 0 Å². The van der Waals surface area contributed by atoms with E-state index in [0.717, 1.165) is 25.2 Å². The zero-order valence-corrected chi connectivity index (χ0v) is 14.5. The predicted octanol–water partition coefficient (Wildman–Crippen LogP) is 3.19. The molecular formula is C18H29NO5. The van der Waals surface area contributed by atoms with Crippen molar-refractivity contribution in [2.75, 3.05) is 13.2 Å². The van der Waals surface area contributed by atoms with Gasteiger partial charge in [-0.25, -0.2) is 9.79 Å². The highest BCUT2D eigenvalue weighted by molar-refractivity contribution is 5.88. The second kappa shape index (κ2) is 9.64. The Kier molecular flexibility index (Phi) is 7.53. The molecule has 0 radical (unpaired) electrons. The number of carbonyl (C=O) groups is 2. The van der Waals surface area contributed by atoms with Gasteiger partial charge in [-0.15, -0.1) is 0 Å². The van der Waals surface area contributed by atoms with E-state index in [4.69, 9.17) is 14.6 Å². The Morgan fingerprint density at radius 2 is 2.08 bits per heavy atom. The van der Waals surface area contributed by atoms with Gasteiger partial charge in [-0.3, -0.25) is 4.79 Å². The molecule has 2 aliphatic rings. The molecule has 0 aromatic carbocycles. The van der Waals surface area contributed by atoms with Crippen LogP contribution in [0.4, 0.5) is 0 Å². The normalized spacial score (nSPS) is 22.5. The summed E-state index contributed by atoms with van der Waals surface area (Å²) in [4.78, 5) is 27.2. The van der Waals surface area contributed by atoms with Crippen LogP contribution in [0.25, 0.3) is 0 Å². The fourth-order valence-corrected chi connectivity index (χ4v) is 3.63. The molecule has 1 N–H and O–H groups in total. The average Bonchev–Trinajstić information content (AvgIpc) is 3.05. The summed E-state index contributed by atoms with van der Waals surface area (Å²) in [6, 6.07) is -0.644. The van der Waals surface area contributed by atoms with Gasteiger partial charge in [-0.2, -0.15) is 0 Å². The number of carbonyl (C=O) groups excluding carboxylic acids is 1. The van der Waals surface area contributed by atoms with Crippen molar-refractivity contribution in [2.45, 2.75) is 70.8 Å². The van der Waals surface area contributed by atoms with E-state index >= 15 is 0 Å². The van der Waals surface area contributed by atoms with E-state index in [9.17, 15) is 9.59 Å². The first kappa shape index (κ1) is 18.7. The van der Waals surface area contributed by atoms with Crippen LogP contribution in [0.5, 0.6) is 0 Å². The van der Waals surface area contributed by atoms with E-state index < -0.39 is 18.0 Å². The summed E-state index contributed by atoms with van der Waals surface area (Å²) in [6.45, 7) is 2.21. The standard InChI is InChI=1S/C18H29NO5/c1-2-23-18(22)15-12-24-17(19-15)14(11-16(20)21)10-6-9-13-7-4-3-5-8-13/h13-15H,2-12H2,1H3,(H,20,21)/t14-,15?/m1/s1.